The van der Waals surface area contributed by atoms with Crippen LogP contribution in [-0.4, -0.2) is 40.9 Å². The van der Waals surface area contributed by atoms with E-state index < -0.39 is 6.04 Å². The van der Waals surface area contributed by atoms with Crippen LogP contribution in [0.1, 0.15) is 60.1 Å². The van der Waals surface area contributed by atoms with Gasteiger partial charge in [0.2, 0.25) is 11.8 Å². The molecule has 26 heavy (non-hydrogen) atoms. The lowest BCUT2D eigenvalue weighted by Gasteiger charge is -2.22. The molecule has 7 heteroatoms. The van der Waals surface area contributed by atoms with E-state index in [0.29, 0.717) is 35.5 Å². The summed E-state index contributed by atoms with van der Waals surface area (Å²) in [5.41, 5.74) is 8.05. The third-order valence-electron chi connectivity index (χ3n) is 5.80. The van der Waals surface area contributed by atoms with Gasteiger partial charge in [0.05, 0.1) is 31.0 Å². The number of methoxy groups -OCH3 is 1. The zero-order chi connectivity index (χ0) is 18.3. The van der Waals surface area contributed by atoms with Gasteiger partial charge in [0.1, 0.15) is 0 Å². The van der Waals surface area contributed by atoms with E-state index in [0.717, 1.165) is 31.4 Å². The molecule has 7 nitrogen and oxygen atoms in total. The van der Waals surface area contributed by atoms with Gasteiger partial charge in [0.25, 0.3) is 5.91 Å². The monoisotopic (exact) mass is 358 g/mol. The lowest BCUT2D eigenvalue weighted by Crippen LogP contribution is -2.41. The minimum absolute atomic E-state index is 0.0457. The first-order valence-corrected chi connectivity index (χ1v) is 9.49. The number of carbonyl (C=O) groups is 2. The summed E-state index contributed by atoms with van der Waals surface area (Å²) in [4.78, 5) is 31.5. The van der Waals surface area contributed by atoms with Crippen molar-refractivity contribution in [2.45, 2.75) is 63.7 Å². The Bertz CT molecular complexity index is 726. The number of pyridine rings is 1. The number of amides is 2. The number of rotatable bonds is 6. The fourth-order valence-electron chi connectivity index (χ4n) is 4.05. The van der Waals surface area contributed by atoms with Crippen LogP contribution >= 0.6 is 0 Å². The van der Waals surface area contributed by atoms with Crippen LogP contribution in [0.3, 0.4) is 0 Å². The molecule has 2 saturated carbocycles. The quantitative estimate of drug-likeness (QED) is 0.800. The molecule has 2 amide bonds. The number of hydrogen-bond acceptors (Lipinski definition) is 5. The molecule has 3 aliphatic rings. The van der Waals surface area contributed by atoms with Gasteiger partial charge in [-0.1, -0.05) is 12.8 Å². The summed E-state index contributed by atoms with van der Waals surface area (Å²) in [6, 6.07) is 1.69. The van der Waals surface area contributed by atoms with Gasteiger partial charge in [-0.05, 0) is 37.7 Å². The van der Waals surface area contributed by atoms with Crippen molar-refractivity contribution in [1.29, 1.82) is 0 Å². The van der Waals surface area contributed by atoms with Crippen molar-refractivity contribution >= 4 is 11.8 Å². The molecule has 0 unspecified atom stereocenters. The highest BCUT2D eigenvalue weighted by atomic mass is 16.5. The first-order valence-electron chi connectivity index (χ1n) is 9.49. The normalized spacial score (nSPS) is 21.0. The molecule has 0 saturated heterocycles. The molecule has 3 N–H and O–H groups in total. The summed E-state index contributed by atoms with van der Waals surface area (Å²) >= 11 is 0. The van der Waals surface area contributed by atoms with Gasteiger partial charge in [0, 0.05) is 18.2 Å². The molecule has 4 rings (SSSR count). The van der Waals surface area contributed by atoms with Crippen LogP contribution in [-0.2, 0) is 17.9 Å². The van der Waals surface area contributed by atoms with Gasteiger partial charge in [-0.15, -0.1) is 0 Å². The Hall–Kier alpha value is -2.15. The van der Waals surface area contributed by atoms with Crippen LogP contribution in [0.4, 0.5) is 0 Å². The predicted molar refractivity (Wildman–Crippen MR) is 95.5 cm³/mol. The van der Waals surface area contributed by atoms with E-state index in [-0.39, 0.29) is 18.4 Å². The van der Waals surface area contributed by atoms with Crippen LogP contribution in [0.15, 0.2) is 6.07 Å². The average Bonchev–Trinajstić information content (AvgIpc) is 3.27. The Morgan fingerprint density at radius 3 is 2.77 bits per heavy atom. The standard InChI is InChI=1S/C19H26N4O3/c1-26-18-12(9-21-17(24)16(20)11-6-7-11)8-14-15(22-18)10-23(19(14)25)13-4-2-3-5-13/h8,11,13,16H,2-7,9-10,20H2,1H3,(H,21,24)/t16-/m0/s1. The highest BCUT2D eigenvalue weighted by molar-refractivity contribution is 5.98. The van der Waals surface area contributed by atoms with Crippen molar-refractivity contribution in [3.8, 4) is 5.88 Å². The van der Waals surface area contributed by atoms with Gasteiger partial charge in [-0.25, -0.2) is 4.98 Å². The number of hydrogen-bond donors (Lipinski definition) is 2. The Labute approximate surface area is 153 Å². The topological polar surface area (TPSA) is 97.5 Å². The minimum Gasteiger partial charge on any atom is -0.481 e. The Morgan fingerprint density at radius 1 is 1.38 bits per heavy atom. The molecule has 2 heterocycles. The smallest absolute Gasteiger partial charge is 0.256 e. The minimum atomic E-state index is -0.456. The van der Waals surface area contributed by atoms with Crippen LogP contribution in [0.25, 0.3) is 0 Å². The van der Waals surface area contributed by atoms with Crippen LogP contribution in [0.2, 0.25) is 0 Å². The van der Waals surface area contributed by atoms with Crippen LogP contribution in [0, 0.1) is 5.92 Å². The van der Waals surface area contributed by atoms with Gasteiger partial charge in [0.15, 0.2) is 0 Å². The Kier molecular flexibility index (Phi) is 4.56. The second-order valence-electron chi connectivity index (χ2n) is 7.60. The second-order valence-corrected chi connectivity index (χ2v) is 7.60. The Balaban J connectivity index is 1.50. The average molecular weight is 358 g/mol. The SMILES string of the molecule is COc1nc2c(cc1CNC(=O)[C@@H](N)C1CC1)C(=O)N(C1CCCC1)C2. The predicted octanol–water partition coefficient (Wildman–Crippen LogP) is 1.34. The molecule has 0 radical (unpaired) electrons. The summed E-state index contributed by atoms with van der Waals surface area (Å²) < 4.78 is 5.40. The zero-order valence-corrected chi connectivity index (χ0v) is 15.2. The maximum absolute atomic E-state index is 12.8. The van der Waals surface area contributed by atoms with E-state index in [1.54, 1.807) is 7.11 Å². The van der Waals surface area contributed by atoms with Gasteiger partial charge in [-0.3, -0.25) is 9.59 Å². The molecule has 2 fully saturated rings. The van der Waals surface area contributed by atoms with Crippen molar-refractivity contribution in [1.82, 2.24) is 15.2 Å². The molecule has 140 valence electrons. The highest BCUT2D eigenvalue weighted by Crippen LogP contribution is 2.33. The largest absolute Gasteiger partial charge is 0.481 e. The molecule has 1 atom stereocenters. The lowest BCUT2D eigenvalue weighted by molar-refractivity contribution is -0.122. The summed E-state index contributed by atoms with van der Waals surface area (Å²) in [7, 11) is 1.56. The lowest BCUT2D eigenvalue weighted by atomic mass is 10.1. The fraction of sp³-hybridized carbons (Fsp3) is 0.632. The summed E-state index contributed by atoms with van der Waals surface area (Å²) in [5, 5.41) is 2.86. The summed E-state index contributed by atoms with van der Waals surface area (Å²) in [5.74, 6) is 0.653. The van der Waals surface area contributed by atoms with Crippen molar-refractivity contribution in [3.05, 3.63) is 22.9 Å². The Morgan fingerprint density at radius 2 is 2.12 bits per heavy atom. The van der Waals surface area contributed by atoms with E-state index in [4.69, 9.17) is 10.5 Å². The number of nitrogens with two attached hydrogens (primary N) is 1. The molecule has 2 aliphatic carbocycles. The number of aromatic nitrogens is 1. The highest BCUT2D eigenvalue weighted by Gasteiger charge is 2.36. The number of carbonyl (C=O) groups excluding carboxylic acids is 2. The molecule has 1 aromatic heterocycles. The number of nitrogens with zero attached hydrogens (tertiary/aromatic N) is 2. The van der Waals surface area contributed by atoms with Crippen molar-refractivity contribution in [3.63, 3.8) is 0 Å². The molecule has 1 aliphatic heterocycles. The molecular formula is C19H26N4O3. The molecule has 0 spiro atoms. The van der Waals surface area contributed by atoms with Gasteiger partial charge in [-0.2, -0.15) is 0 Å². The second kappa shape index (κ2) is 6.87. The fourth-order valence-corrected chi connectivity index (χ4v) is 4.05. The summed E-state index contributed by atoms with van der Waals surface area (Å²) in [6.45, 7) is 0.813. The third-order valence-corrected chi connectivity index (χ3v) is 5.80. The van der Waals surface area contributed by atoms with E-state index in [2.05, 4.69) is 10.3 Å². The van der Waals surface area contributed by atoms with Gasteiger partial charge >= 0.3 is 0 Å². The maximum atomic E-state index is 12.8. The van der Waals surface area contributed by atoms with E-state index >= 15 is 0 Å². The maximum Gasteiger partial charge on any atom is 0.256 e. The number of ether oxygens (including phenoxy) is 1. The van der Waals surface area contributed by atoms with Crippen molar-refractivity contribution in [2.24, 2.45) is 11.7 Å². The molecule has 1 aromatic rings. The van der Waals surface area contributed by atoms with E-state index in [1.165, 1.54) is 12.8 Å². The molecule has 0 aromatic carbocycles. The van der Waals surface area contributed by atoms with Crippen LogP contribution < -0.4 is 15.8 Å². The molecule has 0 bridgehead atoms. The summed E-state index contributed by atoms with van der Waals surface area (Å²) in [6.07, 6.45) is 6.53. The van der Waals surface area contributed by atoms with Crippen molar-refractivity contribution in [2.75, 3.05) is 7.11 Å². The van der Waals surface area contributed by atoms with Crippen molar-refractivity contribution < 1.29 is 14.3 Å². The molecular weight excluding hydrogens is 332 g/mol. The third kappa shape index (κ3) is 3.16. The zero-order valence-electron chi connectivity index (χ0n) is 15.2. The number of fused-ring (bicyclic) bond motifs is 1. The van der Waals surface area contributed by atoms with Crippen LogP contribution in [0.5, 0.6) is 5.88 Å². The van der Waals surface area contributed by atoms with E-state index in [9.17, 15) is 9.59 Å². The first kappa shape index (κ1) is 17.3. The number of nitrogens with one attached hydrogen (secondary N) is 1. The first-order chi connectivity index (χ1) is 12.6. The van der Waals surface area contributed by atoms with E-state index in [1.807, 2.05) is 11.0 Å². The van der Waals surface area contributed by atoms with Gasteiger partial charge < -0.3 is 20.7 Å².